The van der Waals surface area contributed by atoms with Crippen LogP contribution in [-0.2, 0) is 9.53 Å². The number of anilines is 1. The number of carbonyl (C=O) groups is 1. The molecule has 7 nitrogen and oxygen atoms in total. The second kappa shape index (κ2) is 6.12. The summed E-state index contributed by atoms with van der Waals surface area (Å²) >= 11 is 1.40. The Morgan fingerprint density at radius 1 is 1.33 bits per heavy atom. The van der Waals surface area contributed by atoms with E-state index >= 15 is 0 Å². The van der Waals surface area contributed by atoms with E-state index in [1.807, 2.05) is 25.9 Å². The van der Waals surface area contributed by atoms with Gasteiger partial charge >= 0.3 is 5.97 Å². The van der Waals surface area contributed by atoms with Crippen LogP contribution in [0.2, 0.25) is 0 Å². The highest BCUT2D eigenvalue weighted by molar-refractivity contribution is 7.16. The maximum absolute atomic E-state index is 12.1. The summed E-state index contributed by atoms with van der Waals surface area (Å²) < 4.78 is 16.0. The molecule has 126 valence electrons. The minimum Gasteiger partial charge on any atom is -0.480 e. The minimum absolute atomic E-state index is 0.204. The molecule has 1 aliphatic rings. The van der Waals surface area contributed by atoms with Crippen molar-refractivity contribution < 1.29 is 18.7 Å². The van der Waals surface area contributed by atoms with Crippen LogP contribution in [0.4, 0.5) is 5.13 Å². The number of hydrogen-bond acceptors (Lipinski definition) is 8. The molecule has 8 heteroatoms. The van der Waals surface area contributed by atoms with E-state index in [4.69, 9.17) is 13.9 Å². The summed E-state index contributed by atoms with van der Waals surface area (Å²) in [6.45, 7) is 3.63. The Morgan fingerprint density at radius 2 is 2.08 bits per heavy atom. The molecule has 0 unspecified atom stereocenters. The molecular weight excluding hydrogens is 330 g/mol. The average Bonchev–Trinajstić information content (AvgIpc) is 3.18. The van der Waals surface area contributed by atoms with Crippen LogP contribution >= 0.6 is 11.3 Å². The fourth-order valence-electron chi connectivity index (χ4n) is 2.23. The third-order valence-corrected chi connectivity index (χ3v) is 4.50. The van der Waals surface area contributed by atoms with Crippen molar-refractivity contribution in [2.45, 2.75) is 13.8 Å². The van der Waals surface area contributed by atoms with Crippen molar-refractivity contribution in [3.8, 4) is 5.88 Å². The Kier molecular flexibility index (Phi) is 4.15. The highest BCUT2D eigenvalue weighted by atomic mass is 32.1. The molecule has 3 rings (SSSR count). The molecule has 0 aromatic carbocycles. The lowest BCUT2D eigenvalue weighted by Crippen LogP contribution is -2.07. The second-order valence-corrected chi connectivity index (χ2v) is 6.44. The topological polar surface area (TPSA) is 77.2 Å². The van der Waals surface area contributed by atoms with Gasteiger partial charge in [0, 0.05) is 14.1 Å². The molecule has 1 aliphatic heterocycles. The molecule has 0 aliphatic carbocycles. The molecule has 24 heavy (non-hydrogen) atoms. The highest BCUT2D eigenvalue weighted by Crippen LogP contribution is 2.33. The zero-order valence-electron chi connectivity index (χ0n) is 14.0. The molecule has 0 saturated carbocycles. The van der Waals surface area contributed by atoms with Gasteiger partial charge in [-0.2, -0.15) is 4.98 Å². The maximum atomic E-state index is 12.1. The summed E-state index contributed by atoms with van der Waals surface area (Å²) in [5.74, 6) is 1.58. The number of furan rings is 1. The van der Waals surface area contributed by atoms with Crippen molar-refractivity contribution in [1.82, 2.24) is 4.98 Å². The van der Waals surface area contributed by atoms with Gasteiger partial charge in [-0.25, -0.2) is 9.79 Å². The Balaban J connectivity index is 1.98. The lowest BCUT2D eigenvalue weighted by Gasteiger charge is -2.04. The molecule has 0 bridgehead atoms. The van der Waals surface area contributed by atoms with Gasteiger partial charge in [0.2, 0.25) is 11.8 Å². The number of aryl methyl sites for hydroxylation is 2. The Hall–Kier alpha value is -2.61. The third-order valence-electron chi connectivity index (χ3n) is 3.34. The van der Waals surface area contributed by atoms with E-state index < -0.39 is 5.97 Å². The van der Waals surface area contributed by atoms with Gasteiger partial charge in [0.15, 0.2) is 10.8 Å². The van der Waals surface area contributed by atoms with Gasteiger partial charge in [0.05, 0.1) is 17.6 Å². The second-order valence-electron chi connectivity index (χ2n) is 5.43. The minimum atomic E-state index is -0.509. The van der Waals surface area contributed by atoms with Gasteiger partial charge in [-0.3, -0.25) is 0 Å². The van der Waals surface area contributed by atoms with Crippen LogP contribution in [0.3, 0.4) is 0 Å². The number of hydrogen-bond donors (Lipinski definition) is 0. The lowest BCUT2D eigenvalue weighted by molar-refractivity contribution is -0.129. The quantitative estimate of drug-likeness (QED) is 0.625. The first-order valence-electron chi connectivity index (χ1n) is 7.21. The SMILES string of the molecule is COc1nc(N(C)C)sc1C=C1N=C(c2cc(C)oc2C)OC1=O. The predicted octanol–water partition coefficient (Wildman–Crippen LogP) is 2.77. The number of rotatable bonds is 4. The van der Waals surface area contributed by atoms with Crippen molar-refractivity contribution in [2.24, 2.45) is 4.99 Å². The van der Waals surface area contributed by atoms with E-state index in [9.17, 15) is 4.79 Å². The van der Waals surface area contributed by atoms with Crippen molar-refractivity contribution in [3.63, 3.8) is 0 Å². The van der Waals surface area contributed by atoms with Gasteiger partial charge in [-0.05, 0) is 26.0 Å². The molecule has 2 aromatic rings. The predicted molar refractivity (Wildman–Crippen MR) is 91.8 cm³/mol. The van der Waals surface area contributed by atoms with Crippen LogP contribution in [0.5, 0.6) is 5.88 Å². The monoisotopic (exact) mass is 347 g/mol. The number of aromatic nitrogens is 1. The summed E-state index contributed by atoms with van der Waals surface area (Å²) in [4.78, 5) is 23.3. The number of cyclic esters (lactones) is 1. The van der Waals surface area contributed by atoms with E-state index in [0.29, 0.717) is 22.1 Å². The van der Waals surface area contributed by atoms with E-state index in [0.717, 1.165) is 10.9 Å². The van der Waals surface area contributed by atoms with Crippen molar-refractivity contribution in [2.75, 3.05) is 26.1 Å². The van der Waals surface area contributed by atoms with Crippen LogP contribution < -0.4 is 9.64 Å². The average molecular weight is 347 g/mol. The smallest absolute Gasteiger partial charge is 0.363 e. The van der Waals surface area contributed by atoms with Crippen LogP contribution in [0.1, 0.15) is 22.0 Å². The molecule has 0 amide bonds. The highest BCUT2D eigenvalue weighted by Gasteiger charge is 2.27. The number of thiazole rings is 1. The zero-order valence-corrected chi connectivity index (χ0v) is 14.9. The van der Waals surface area contributed by atoms with Gasteiger partial charge in [0.1, 0.15) is 11.5 Å². The summed E-state index contributed by atoms with van der Waals surface area (Å²) in [6.07, 6.45) is 1.63. The van der Waals surface area contributed by atoms with Crippen molar-refractivity contribution in [3.05, 3.63) is 33.7 Å². The van der Waals surface area contributed by atoms with Gasteiger partial charge in [0.25, 0.3) is 0 Å². The van der Waals surface area contributed by atoms with Gasteiger partial charge < -0.3 is 18.8 Å². The van der Waals surface area contributed by atoms with Crippen molar-refractivity contribution in [1.29, 1.82) is 0 Å². The third kappa shape index (κ3) is 2.92. The summed E-state index contributed by atoms with van der Waals surface area (Å²) in [7, 11) is 5.31. The standard InChI is InChI=1S/C16H17N3O4S/c1-8-6-10(9(2)22-8)13-17-11(15(20)23-13)7-12-14(21-5)18-16(24-12)19(3)4/h6-7H,1-5H3. The van der Waals surface area contributed by atoms with E-state index in [-0.39, 0.29) is 11.6 Å². The van der Waals surface area contributed by atoms with Gasteiger partial charge in [-0.1, -0.05) is 11.3 Å². The molecule has 0 saturated heterocycles. The summed E-state index contributed by atoms with van der Waals surface area (Å²) in [5.41, 5.74) is 0.880. The summed E-state index contributed by atoms with van der Waals surface area (Å²) in [6, 6.07) is 1.79. The number of carbonyl (C=O) groups excluding carboxylic acids is 1. The molecule has 0 radical (unpaired) electrons. The number of esters is 1. The first-order chi connectivity index (χ1) is 11.4. The summed E-state index contributed by atoms with van der Waals surface area (Å²) in [5, 5.41) is 0.774. The van der Waals surface area contributed by atoms with Crippen LogP contribution in [0.15, 0.2) is 21.2 Å². The first-order valence-corrected chi connectivity index (χ1v) is 8.02. The number of nitrogens with zero attached hydrogens (tertiary/aromatic N) is 3. The van der Waals surface area contributed by atoms with Crippen LogP contribution in [0.25, 0.3) is 6.08 Å². The van der Waals surface area contributed by atoms with E-state index in [1.54, 1.807) is 19.1 Å². The Labute approximate surface area is 143 Å². The van der Waals surface area contributed by atoms with Crippen molar-refractivity contribution >= 4 is 34.4 Å². The first kappa shape index (κ1) is 16.3. The van der Waals surface area contributed by atoms with E-state index in [1.165, 1.54) is 18.4 Å². The fourth-order valence-corrected chi connectivity index (χ4v) is 3.12. The maximum Gasteiger partial charge on any atom is 0.363 e. The molecule has 3 heterocycles. The molecule has 0 spiro atoms. The van der Waals surface area contributed by atoms with Crippen LogP contribution in [-0.4, -0.2) is 38.1 Å². The van der Waals surface area contributed by atoms with Gasteiger partial charge in [-0.15, -0.1) is 0 Å². The van der Waals surface area contributed by atoms with Crippen LogP contribution in [0, 0.1) is 13.8 Å². The lowest BCUT2D eigenvalue weighted by atomic mass is 10.2. The Bertz CT molecular complexity index is 861. The largest absolute Gasteiger partial charge is 0.480 e. The van der Waals surface area contributed by atoms with E-state index in [2.05, 4.69) is 9.98 Å². The molecule has 0 N–H and O–H groups in total. The molecule has 2 aromatic heterocycles. The number of methoxy groups -OCH3 is 1. The molecule has 0 fully saturated rings. The normalized spacial score (nSPS) is 15.6. The fraction of sp³-hybridized carbons (Fsp3) is 0.312. The molecular formula is C16H17N3O4S. The Morgan fingerprint density at radius 3 is 2.67 bits per heavy atom. The zero-order chi connectivity index (χ0) is 17.4. The number of aliphatic imine (C=N–C) groups is 1. The number of ether oxygens (including phenoxy) is 2. The molecule has 0 atom stereocenters.